The molecule has 3 aromatic rings. The van der Waals surface area contributed by atoms with Gasteiger partial charge in [-0.15, -0.1) is 11.3 Å². The molecule has 2 heterocycles. The number of esters is 1. The number of thiophene rings is 1. The van der Waals surface area contributed by atoms with Crippen LogP contribution in [0.4, 0.5) is 11.5 Å². The zero-order chi connectivity index (χ0) is 18.0. The van der Waals surface area contributed by atoms with Gasteiger partial charge in [0, 0.05) is 10.6 Å². The molecular weight excluding hydrogens is 338 g/mol. The smallest absolute Gasteiger partial charge is 0.376 e. The van der Waals surface area contributed by atoms with E-state index in [-0.39, 0.29) is 12.4 Å². The van der Waals surface area contributed by atoms with Gasteiger partial charge >= 0.3 is 5.97 Å². The van der Waals surface area contributed by atoms with Crippen LogP contribution in [0, 0.1) is 13.8 Å². The van der Waals surface area contributed by atoms with Gasteiger partial charge in [0.15, 0.2) is 0 Å². The van der Waals surface area contributed by atoms with E-state index in [1.807, 2.05) is 38.1 Å². The van der Waals surface area contributed by atoms with Crippen LogP contribution in [-0.2, 0) is 4.74 Å². The lowest BCUT2D eigenvalue weighted by Gasteiger charge is -2.10. The van der Waals surface area contributed by atoms with Gasteiger partial charge in [-0.25, -0.2) is 14.8 Å². The fourth-order valence-electron chi connectivity index (χ4n) is 2.44. The minimum Gasteiger partial charge on any atom is -0.497 e. The summed E-state index contributed by atoms with van der Waals surface area (Å²) in [6, 6.07) is 7.51. The van der Waals surface area contributed by atoms with Crippen molar-refractivity contribution in [3.63, 3.8) is 0 Å². The van der Waals surface area contributed by atoms with Crippen LogP contribution in [-0.4, -0.2) is 29.7 Å². The van der Waals surface area contributed by atoms with E-state index in [1.165, 1.54) is 0 Å². The van der Waals surface area contributed by atoms with Crippen LogP contribution < -0.4 is 10.1 Å². The number of ether oxygens (including phenoxy) is 2. The third kappa shape index (κ3) is 3.41. The third-order valence-electron chi connectivity index (χ3n) is 3.84. The molecule has 0 aliphatic carbocycles. The van der Waals surface area contributed by atoms with Gasteiger partial charge < -0.3 is 14.8 Å². The van der Waals surface area contributed by atoms with E-state index in [2.05, 4.69) is 15.3 Å². The molecule has 0 unspecified atom stereocenters. The summed E-state index contributed by atoms with van der Waals surface area (Å²) in [5.41, 5.74) is 1.95. The van der Waals surface area contributed by atoms with Crippen LogP contribution in [0.3, 0.4) is 0 Å². The second kappa shape index (κ2) is 7.06. The van der Waals surface area contributed by atoms with E-state index < -0.39 is 5.97 Å². The highest BCUT2D eigenvalue weighted by Gasteiger charge is 2.19. The molecule has 0 bridgehead atoms. The topological polar surface area (TPSA) is 73.3 Å². The molecule has 0 spiro atoms. The number of rotatable bonds is 5. The van der Waals surface area contributed by atoms with Crippen LogP contribution in [0.5, 0.6) is 5.75 Å². The lowest BCUT2D eigenvalue weighted by atomic mass is 10.2. The SMILES string of the molecule is CCOC(=O)c1nc(Nc2ccc(OC)cc2)c2c(C)c(C)sc2n1. The molecule has 0 fully saturated rings. The highest BCUT2D eigenvalue weighted by atomic mass is 32.1. The highest BCUT2D eigenvalue weighted by Crippen LogP contribution is 2.34. The average Bonchev–Trinajstić information content (AvgIpc) is 2.90. The van der Waals surface area contributed by atoms with Crippen molar-refractivity contribution in [3.8, 4) is 5.75 Å². The van der Waals surface area contributed by atoms with Crippen molar-refractivity contribution in [2.75, 3.05) is 19.0 Å². The molecule has 1 N–H and O–H groups in total. The van der Waals surface area contributed by atoms with E-state index in [0.717, 1.165) is 32.1 Å². The number of fused-ring (bicyclic) bond motifs is 1. The van der Waals surface area contributed by atoms with Gasteiger partial charge in [-0.2, -0.15) is 0 Å². The van der Waals surface area contributed by atoms with Crippen LogP contribution in [0.1, 0.15) is 28.0 Å². The van der Waals surface area contributed by atoms with Crippen molar-refractivity contribution in [2.45, 2.75) is 20.8 Å². The first-order valence-corrected chi connectivity index (χ1v) is 8.71. The van der Waals surface area contributed by atoms with E-state index in [1.54, 1.807) is 25.4 Å². The van der Waals surface area contributed by atoms with Crippen molar-refractivity contribution in [3.05, 3.63) is 40.5 Å². The standard InChI is InChI=1S/C18H19N3O3S/c1-5-24-18(22)16-20-15(14-10(2)11(3)25-17(14)21-16)19-12-6-8-13(23-4)9-7-12/h6-9H,5H2,1-4H3,(H,19,20,21). The number of nitrogens with one attached hydrogen (secondary N) is 1. The number of nitrogens with zero attached hydrogens (tertiary/aromatic N) is 2. The third-order valence-corrected chi connectivity index (χ3v) is 4.94. The summed E-state index contributed by atoms with van der Waals surface area (Å²) >= 11 is 1.54. The number of methoxy groups -OCH3 is 1. The molecule has 2 aromatic heterocycles. The van der Waals surface area contributed by atoms with E-state index >= 15 is 0 Å². The zero-order valence-corrected chi connectivity index (χ0v) is 15.4. The number of anilines is 2. The monoisotopic (exact) mass is 357 g/mol. The van der Waals surface area contributed by atoms with Crippen LogP contribution >= 0.6 is 11.3 Å². The summed E-state index contributed by atoms with van der Waals surface area (Å²) in [6.45, 7) is 6.10. The quantitative estimate of drug-likeness (QED) is 0.689. The van der Waals surface area contributed by atoms with Crippen molar-refractivity contribution in [1.82, 2.24) is 9.97 Å². The number of carbonyl (C=O) groups is 1. The molecule has 0 amide bonds. The van der Waals surface area contributed by atoms with Crippen LogP contribution in [0.15, 0.2) is 24.3 Å². The fourth-order valence-corrected chi connectivity index (χ4v) is 3.47. The fraction of sp³-hybridized carbons (Fsp3) is 0.278. The first-order chi connectivity index (χ1) is 12.0. The molecule has 0 saturated carbocycles. The van der Waals surface area contributed by atoms with Gasteiger partial charge in [-0.3, -0.25) is 0 Å². The predicted molar refractivity (Wildman–Crippen MR) is 99.1 cm³/mol. The Balaban J connectivity index is 2.08. The minimum absolute atomic E-state index is 0.0617. The molecule has 0 saturated heterocycles. The molecule has 0 atom stereocenters. The molecule has 6 nitrogen and oxygen atoms in total. The molecule has 1 aromatic carbocycles. The van der Waals surface area contributed by atoms with Crippen molar-refractivity contribution in [2.24, 2.45) is 0 Å². The molecular formula is C18H19N3O3S. The molecule has 0 aliphatic heterocycles. The Labute approximate surface area is 149 Å². The summed E-state index contributed by atoms with van der Waals surface area (Å²) in [6.07, 6.45) is 0. The molecule has 3 rings (SSSR count). The summed E-state index contributed by atoms with van der Waals surface area (Å²) in [5.74, 6) is 0.908. The predicted octanol–water partition coefficient (Wildman–Crippen LogP) is 4.24. The van der Waals surface area contributed by atoms with Crippen molar-refractivity contribution in [1.29, 1.82) is 0 Å². The van der Waals surface area contributed by atoms with Gasteiger partial charge in [0.1, 0.15) is 16.4 Å². The maximum atomic E-state index is 12.1. The van der Waals surface area contributed by atoms with Crippen molar-refractivity contribution >= 4 is 39.0 Å². The van der Waals surface area contributed by atoms with E-state index in [4.69, 9.17) is 9.47 Å². The summed E-state index contributed by atoms with van der Waals surface area (Å²) < 4.78 is 10.2. The van der Waals surface area contributed by atoms with Crippen LogP contribution in [0.2, 0.25) is 0 Å². The maximum absolute atomic E-state index is 12.1. The van der Waals surface area contributed by atoms with Crippen molar-refractivity contribution < 1.29 is 14.3 Å². The highest BCUT2D eigenvalue weighted by molar-refractivity contribution is 7.18. The lowest BCUT2D eigenvalue weighted by molar-refractivity contribution is 0.0512. The first-order valence-electron chi connectivity index (χ1n) is 7.89. The normalized spacial score (nSPS) is 10.7. The zero-order valence-electron chi connectivity index (χ0n) is 14.5. The van der Waals surface area contributed by atoms with Gasteiger partial charge in [0.05, 0.1) is 19.1 Å². The molecule has 0 radical (unpaired) electrons. The molecule has 25 heavy (non-hydrogen) atoms. The molecule has 0 aliphatic rings. The second-order valence-corrected chi connectivity index (χ2v) is 6.64. The summed E-state index contributed by atoms with van der Waals surface area (Å²) in [4.78, 5) is 22.8. The number of aromatic nitrogens is 2. The van der Waals surface area contributed by atoms with Gasteiger partial charge in [0.2, 0.25) is 5.82 Å². The van der Waals surface area contributed by atoms with Gasteiger partial charge in [-0.1, -0.05) is 0 Å². The average molecular weight is 357 g/mol. The number of benzene rings is 1. The number of carbonyl (C=O) groups excluding carboxylic acids is 1. The first kappa shape index (κ1) is 17.2. The Morgan fingerprint density at radius 3 is 2.56 bits per heavy atom. The van der Waals surface area contributed by atoms with Gasteiger partial charge in [0.25, 0.3) is 0 Å². The van der Waals surface area contributed by atoms with Crippen LogP contribution in [0.25, 0.3) is 10.2 Å². The Hall–Kier alpha value is -2.67. The number of aryl methyl sites for hydroxylation is 2. The summed E-state index contributed by atoms with van der Waals surface area (Å²) in [5, 5.41) is 4.20. The Bertz CT molecular complexity index is 919. The number of hydrogen-bond donors (Lipinski definition) is 1. The Morgan fingerprint density at radius 1 is 1.20 bits per heavy atom. The summed E-state index contributed by atoms with van der Waals surface area (Å²) in [7, 11) is 1.62. The Morgan fingerprint density at radius 2 is 1.92 bits per heavy atom. The maximum Gasteiger partial charge on any atom is 0.376 e. The molecule has 7 heteroatoms. The second-order valence-electron chi connectivity index (χ2n) is 5.43. The van der Waals surface area contributed by atoms with Gasteiger partial charge in [-0.05, 0) is 50.6 Å². The van der Waals surface area contributed by atoms with E-state index in [9.17, 15) is 4.79 Å². The lowest BCUT2D eigenvalue weighted by Crippen LogP contribution is -2.11. The minimum atomic E-state index is -0.522. The number of hydrogen-bond acceptors (Lipinski definition) is 7. The van der Waals surface area contributed by atoms with E-state index in [0.29, 0.717) is 5.82 Å². The largest absolute Gasteiger partial charge is 0.497 e. The molecule has 130 valence electrons. The Kier molecular flexibility index (Phi) is 4.85.